The zero-order valence-corrected chi connectivity index (χ0v) is 10.8. The molecule has 3 rings (SSSR count). The van der Waals surface area contributed by atoms with Crippen molar-refractivity contribution in [3.63, 3.8) is 0 Å². The van der Waals surface area contributed by atoms with Crippen molar-refractivity contribution in [2.45, 2.75) is 19.9 Å². The van der Waals surface area contributed by atoms with Gasteiger partial charge in [-0.15, -0.1) is 5.10 Å². The Balaban J connectivity index is 2.09. The first kappa shape index (κ1) is 11.4. The standard InChI is InChI=1S/C14H18N4/c1-10-9-18(8-7-15-10)14-13-6-4-3-5-12(13)11(2)16-17-14/h3-6,10,15H,7-9H2,1-2H3/t10-/m0/s1. The van der Waals surface area contributed by atoms with Crippen molar-refractivity contribution in [1.29, 1.82) is 0 Å². The van der Waals surface area contributed by atoms with Gasteiger partial charge in [0.2, 0.25) is 0 Å². The van der Waals surface area contributed by atoms with Gasteiger partial charge in [0.15, 0.2) is 5.82 Å². The Bertz CT molecular complexity index is 567. The second-order valence-electron chi connectivity index (χ2n) is 4.96. The highest BCUT2D eigenvalue weighted by atomic mass is 15.3. The van der Waals surface area contributed by atoms with Crippen molar-refractivity contribution in [2.75, 3.05) is 24.5 Å². The summed E-state index contributed by atoms with van der Waals surface area (Å²) in [7, 11) is 0. The van der Waals surface area contributed by atoms with Crippen LogP contribution in [0.25, 0.3) is 10.8 Å². The Kier molecular flexibility index (Phi) is 2.88. The molecule has 94 valence electrons. The predicted octanol–water partition coefficient (Wildman–Crippen LogP) is 1.74. The van der Waals surface area contributed by atoms with Crippen molar-refractivity contribution in [1.82, 2.24) is 15.5 Å². The van der Waals surface area contributed by atoms with Crippen molar-refractivity contribution >= 4 is 16.6 Å². The molecule has 0 spiro atoms. The maximum atomic E-state index is 4.41. The van der Waals surface area contributed by atoms with E-state index in [1.54, 1.807) is 0 Å². The van der Waals surface area contributed by atoms with Gasteiger partial charge in [-0.05, 0) is 13.8 Å². The molecule has 1 aromatic heterocycles. The molecule has 18 heavy (non-hydrogen) atoms. The van der Waals surface area contributed by atoms with Gasteiger partial charge in [0.05, 0.1) is 5.69 Å². The summed E-state index contributed by atoms with van der Waals surface area (Å²) in [6.07, 6.45) is 0. The zero-order chi connectivity index (χ0) is 12.5. The second kappa shape index (κ2) is 4.53. The Morgan fingerprint density at radius 1 is 1.22 bits per heavy atom. The summed E-state index contributed by atoms with van der Waals surface area (Å²) in [6.45, 7) is 7.20. The van der Waals surface area contributed by atoms with Gasteiger partial charge in [0, 0.05) is 36.4 Å². The molecule has 1 N–H and O–H groups in total. The molecule has 2 aromatic rings. The lowest BCUT2D eigenvalue weighted by atomic mass is 10.1. The minimum absolute atomic E-state index is 0.501. The van der Waals surface area contributed by atoms with Gasteiger partial charge >= 0.3 is 0 Å². The number of piperazine rings is 1. The summed E-state index contributed by atoms with van der Waals surface area (Å²) in [6, 6.07) is 8.88. The van der Waals surface area contributed by atoms with E-state index in [1.807, 2.05) is 6.92 Å². The SMILES string of the molecule is Cc1nnc(N2CCN[C@@H](C)C2)c2ccccc12. The molecule has 1 aliphatic rings. The quantitative estimate of drug-likeness (QED) is 0.827. The van der Waals surface area contributed by atoms with Gasteiger partial charge in [0.25, 0.3) is 0 Å². The van der Waals surface area contributed by atoms with Gasteiger partial charge in [-0.3, -0.25) is 0 Å². The first-order valence-corrected chi connectivity index (χ1v) is 6.46. The van der Waals surface area contributed by atoms with E-state index in [1.165, 1.54) is 10.8 Å². The summed E-state index contributed by atoms with van der Waals surface area (Å²) in [4.78, 5) is 2.33. The number of aromatic nitrogens is 2. The largest absolute Gasteiger partial charge is 0.352 e. The van der Waals surface area contributed by atoms with E-state index in [0.29, 0.717) is 6.04 Å². The molecule has 2 heterocycles. The third-order valence-corrected chi connectivity index (χ3v) is 3.52. The topological polar surface area (TPSA) is 41.1 Å². The lowest BCUT2D eigenvalue weighted by Crippen LogP contribution is -2.49. The van der Waals surface area contributed by atoms with Crippen LogP contribution in [0.1, 0.15) is 12.6 Å². The van der Waals surface area contributed by atoms with Crippen molar-refractivity contribution in [3.05, 3.63) is 30.0 Å². The Morgan fingerprint density at radius 2 is 2.00 bits per heavy atom. The van der Waals surface area contributed by atoms with Crippen LogP contribution in [0.15, 0.2) is 24.3 Å². The summed E-state index contributed by atoms with van der Waals surface area (Å²) >= 11 is 0. The predicted molar refractivity (Wildman–Crippen MR) is 74.0 cm³/mol. The first-order valence-electron chi connectivity index (χ1n) is 6.46. The fourth-order valence-electron chi connectivity index (χ4n) is 2.58. The van der Waals surface area contributed by atoms with Crippen molar-refractivity contribution < 1.29 is 0 Å². The molecule has 4 heteroatoms. The number of aryl methyl sites for hydroxylation is 1. The number of benzene rings is 1. The van der Waals surface area contributed by atoms with Crippen LogP contribution in [0, 0.1) is 6.92 Å². The highest BCUT2D eigenvalue weighted by Crippen LogP contribution is 2.25. The summed E-state index contributed by atoms with van der Waals surface area (Å²) in [5.74, 6) is 1.02. The van der Waals surface area contributed by atoms with E-state index in [0.717, 1.165) is 31.1 Å². The van der Waals surface area contributed by atoms with E-state index in [4.69, 9.17) is 0 Å². The average Bonchev–Trinajstić information content (AvgIpc) is 2.39. The van der Waals surface area contributed by atoms with Crippen LogP contribution in [-0.4, -0.2) is 35.9 Å². The molecule has 0 aliphatic carbocycles. The summed E-state index contributed by atoms with van der Waals surface area (Å²) in [5.41, 5.74) is 0.998. The zero-order valence-electron chi connectivity index (χ0n) is 10.8. The van der Waals surface area contributed by atoms with Crippen LogP contribution >= 0.6 is 0 Å². The molecule has 4 nitrogen and oxygen atoms in total. The molecule has 0 radical (unpaired) electrons. The maximum absolute atomic E-state index is 4.41. The Hall–Kier alpha value is -1.68. The first-order chi connectivity index (χ1) is 8.75. The van der Waals surface area contributed by atoms with Crippen LogP contribution in [0.4, 0.5) is 5.82 Å². The smallest absolute Gasteiger partial charge is 0.159 e. The number of nitrogens with zero attached hydrogens (tertiary/aromatic N) is 3. The number of nitrogens with one attached hydrogen (secondary N) is 1. The van der Waals surface area contributed by atoms with E-state index >= 15 is 0 Å². The number of fused-ring (bicyclic) bond motifs is 1. The number of anilines is 1. The molecule has 1 atom stereocenters. The van der Waals surface area contributed by atoms with Crippen molar-refractivity contribution in [3.8, 4) is 0 Å². The second-order valence-corrected chi connectivity index (χ2v) is 4.96. The van der Waals surface area contributed by atoms with Crippen LogP contribution in [-0.2, 0) is 0 Å². The average molecular weight is 242 g/mol. The third kappa shape index (κ3) is 1.93. The van der Waals surface area contributed by atoms with E-state index < -0.39 is 0 Å². The number of hydrogen-bond acceptors (Lipinski definition) is 4. The van der Waals surface area contributed by atoms with E-state index in [2.05, 4.69) is 51.6 Å². The lowest BCUT2D eigenvalue weighted by molar-refractivity contribution is 0.482. The Labute approximate surface area is 107 Å². The minimum atomic E-state index is 0.501. The fourth-order valence-corrected chi connectivity index (χ4v) is 2.58. The normalized spacial score (nSPS) is 20.3. The van der Waals surface area contributed by atoms with E-state index in [9.17, 15) is 0 Å². The molecule has 0 bridgehead atoms. The van der Waals surface area contributed by atoms with Gasteiger partial charge < -0.3 is 10.2 Å². The highest BCUT2D eigenvalue weighted by molar-refractivity contribution is 5.93. The van der Waals surface area contributed by atoms with Crippen LogP contribution < -0.4 is 10.2 Å². The molecule has 1 fully saturated rings. The minimum Gasteiger partial charge on any atom is -0.352 e. The summed E-state index contributed by atoms with van der Waals surface area (Å²) in [5, 5.41) is 14.6. The van der Waals surface area contributed by atoms with Crippen LogP contribution in [0.5, 0.6) is 0 Å². The fraction of sp³-hybridized carbons (Fsp3) is 0.429. The highest BCUT2D eigenvalue weighted by Gasteiger charge is 2.19. The molecule has 1 aromatic carbocycles. The van der Waals surface area contributed by atoms with E-state index in [-0.39, 0.29) is 0 Å². The van der Waals surface area contributed by atoms with Gasteiger partial charge in [0.1, 0.15) is 0 Å². The molecular formula is C14H18N4. The third-order valence-electron chi connectivity index (χ3n) is 3.52. The molecule has 1 saturated heterocycles. The van der Waals surface area contributed by atoms with Crippen molar-refractivity contribution in [2.24, 2.45) is 0 Å². The van der Waals surface area contributed by atoms with Gasteiger partial charge in [-0.2, -0.15) is 5.10 Å². The molecular weight excluding hydrogens is 224 g/mol. The van der Waals surface area contributed by atoms with Crippen LogP contribution in [0.3, 0.4) is 0 Å². The van der Waals surface area contributed by atoms with Gasteiger partial charge in [-0.25, -0.2) is 0 Å². The molecule has 0 unspecified atom stereocenters. The van der Waals surface area contributed by atoms with Gasteiger partial charge in [-0.1, -0.05) is 24.3 Å². The monoisotopic (exact) mass is 242 g/mol. The molecule has 1 aliphatic heterocycles. The van der Waals surface area contributed by atoms with Crippen LogP contribution in [0.2, 0.25) is 0 Å². The lowest BCUT2D eigenvalue weighted by Gasteiger charge is -2.33. The maximum Gasteiger partial charge on any atom is 0.159 e. The number of hydrogen-bond donors (Lipinski definition) is 1. The molecule has 0 amide bonds. The number of rotatable bonds is 1. The molecule has 0 saturated carbocycles. The Morgan fingerprint density at radius 3 is 2.78 bits per heavy atom. The summed E-state index contributed by atoms with van der Waals surface area (Å²) < 4.78 is 0.